The molecule has 0 fully saturated rings. The highest BCUT2D eigenvalue weighted by atomic mass is 35.5. The van der Waals surface area contributed by atoms with Crippen LogP contribution in [0.15, 0.2) is 48.5 Å². The van der Waals surface area contributed by atoms with E-state index in [0.717, 1.165) is 11.1 Å². The highest BCUT2D eigenvalue weighted by molar-refractivity contribution is 7.99. The minimum atomic E-state index is -0.574. The lowest BCUT2D eigenvalue weighted by Crippen LogP contribution is -2.48. The molecule has 156 valence electrons. The number of carbonyl (C=O) groups is 2. The van der Waals surface area contributed by atoms with E-state index in [4.69, 9.17) is 16.3 Å². The Kier molecular flexibility index (Phi) is 9.35. The Labute approximate surface area is 181 Å². The molecule has 0 aliphatic carbocycles. The molecule has 2 aromatic carbocycles. The lowest BCUT2D eigenvalue weighted by atomic mass is 10.1. The van der Waals surface area contributed by atoms with Gasteiger partial charge in [-0.2, -0.15) is 0 Å². The summed E-state index contributed by atoms with van der Waals surface area (Å²) < 4.78 is 5.27. The van der Waals surface area contributed by atoms with Gasteiger partial charge < -0.3 is 15.0 Å². The molecule has 0 bridgehead atoms. The number of thioether (sulfide) groups is 1. The Hall–Kier alpha value is -2.18. The number of ether oxygens (including phenoxy) is 1. The van der Waals surface area contributed by atoms with Crippen molar-refractivity contribution in [3.05, 3.63) is 64.7 Å². The van der Waals surface area contributed by atoms with Gasteiger partial charge in [-0.05, 0) is 43.2 Å². The van der Waals surface area contributed by atoms with Crippen LogP contribution in [0, 0.1) is 0 Å². The van der Waals surface area contributed by atoms with Crippen LogP contribution in [-0.2, 0) is 21.9 Å². The second-order valence-electron chi connectivity index (χ2n) is 6.53. The maximum atomic E-state index is 13.0. The molecule has 0 radical (unpaired) electrons. The van der Waals surface area contributed by atoms with Crippen LogP contribution >= 0.6 is 23.4 Å². The van der Waals surface area contributed by atoms with Gasteiger partial charge >= 0.3 is 0 Å². The zero-order valence-corrected chi connectivity index (χ0v) is 18.6. The Morgan fingerprint density at radius 3 is 2.66 bits per heavy atom. The number of likely N-dealkylation sites (N-methyl/N-ethyl adjacent to an activating group) is 1. The van der Waals surface area contributed by atoms with Gasteiger partial charge in [-0.15, -0.1) is 11.8 Å². The van der Waals surface area contributed by atoms with Gasteiger partial charge in [0.05, 0.1) is 12.9 Å². The van der Waals surface area contributed by atoms with E-state index >= 15 is 0 Å². The van der Waals surface area contributed by atoms with Crippen LogP contribution in [0.3, 0.4) is 0 Å². The molecular weight excluding hydrogens is 408 g/mol. The van der Waals surface area contributed by atoms with Crippen LogP contribution in [-0.4, -0.2) is 42.2 Å². The van der Waals surface area contributed by atoms with Crippen molar-refractivity contribution in [3.63, 3.8) is 0 Å². The van der Waals surface area contributed by atoms with Crippen LogP contribution in [0.25, 0.3) is 0 Å². The zero-order valence-electron chi connectivity index (χ0n) is 17.0. The van der Waals surface area contributed by atoms with Gasteiger partial charge in [-0.3, -0.25) is 9.59 Å². The molecule has 2 aromatic rings. The first kappa shape index (κ1) is 23.1. The molecular formula is C22H27ClN2O3S. The van der Waals surface area contributed by atoms with Gasteiger partial charge in [0.25, 0.3) is 0 Å². The van der Waals surface area contributed by atoms with Gasteiger partial charge in [-0.25, -0.2) is 0 Å². The minimum Gasteiger partial charge on any atom is -0.497 e. The van der Waals surface area contributed by atoms with E-state index in [1.54, 1.807) is 18.9 Å². The largest absolute Gasteiger partial charge is 0.497 e. The van der Waals surface area contributed by atoms with Crippen molar-refractivity contribution in [1.82, 2.24) is 10.2 Å². The Morgan fingerprint density at radius 2 is 1.97 bits per heavy atom. The van der Waals surface area contributed by atoms with Crippen LogP contribution in [0.4, 0.5) is 0 Å². The maximum Gasteiger partial charge on any atom is 0.242 e. The van der Waals surface area contributed by atoms with E-state index in [9.17, 15) is 9.59 Å². The summed E-state index contributed by atoms with van der Waals surface area (Å²) in [6.45, 7) is 4.46. The number of carbonyl (C=O) groups excluding carboxylic acids is 2. The first-order valence-corrected chi connectivity index (χ1v) is 11.0. The number of halogens is 1. The van der Waals surface area contributed by atoms with E-state index in [1.807, 2.05) is 55.5 Å². The summed E-state index contributed by atoms with van der Waals surface area (Å²) in [5.41, 5.74) is 1.90. The predicted octanol–water partition coefficient (Wildman–Crippen LogP) is 4.14. The summed E-state index contributed by atoms with van der Waals surface area (Å²) in [6.07, 6.45) is 0. The Bertz CT molecular complexity index is 831. The number of methoxy groups -OCH3 is 1. The van der Waals surface area contributed by atoms with Crippen molar-refractivity contribution in [2.45, 2.75) is 32.2 Å². The average Bonchev–Trinajstić information content (AvgIpc) is 2.73. The number of hydrogen-bond acceptors (Lipinski definition) is 4. The molecule has 7 heteroatoms. The van der Waals surface area contributed by atoms with Gasteiger partial charge in [-0.1, -0.05) is 41.9 Å². The molecule has 1 unspecified atom stereocenters. The number of benzene rings is 2. The summed E-state index contributed by atoms with van der Waals surface area (Å²) in [4.78, 5) is 27.0. The lowest BCUT2D eigenvalue weighted by molar-refractivity contribution is -0.138. The fourth-order valence-corrected chi connectivity index (χ4v) is 4.01. The van der Waals surface area contributed by atoms with Crippen LogP contribution in [0.5, 0.6) is 5.75 Å². The predicted molar refractivity (Wildman–Crippen MR) is 119 cm³/mol. The standard InChI is InChI=1S/C22H27ClN2O3S/c1-4-24-22(27)16(2)25(13-17-8-7-10-19(12-17)28-3)21(26)15-29-14-18-9-5-6-11-20(18)23/h5-12,16H,4,13-15H2,1-3H3,(H,24,27). The molecule has 0 saturated heterocycles. The maximum absolute atomic E-state index is 13.0. The number of nitrogens with one attached hydrogen (secondary N) is 1. The molecule has 29 heavy (non-hydrogen) atoms. The van der Waals surface area contributed by atoms with Crippen molar-refractivity contribution >= 4 is 35.2 Å². The molecule has 2 amide bonds. The third-order valence-electron chi connectivity index (χ3n) is 4.45. The van der Waals surface area contributed by atoms with Crippen molar-refractivity contribution in [2.24, 2.45) is 0 Å². The first-order valence-electron chi connectivity index (χ1n) is 9.47. The lowest BCUT2D eigenvalue weighted by Gasteiger charge is -2.28. The molecule has 5 nitrogen and oxygen atoms in total. The zero-order chi connectivity index (χ0) is 21.2. The van der Waals surface area contributed by atoms with Crippen LogP contribution in [0.2, 0.25) is 5.02 Å². The monoisotopic (exact) mass is 434 g/mol. The minimum absolute atomic E-state index is 0.0939. The van der Waals surface area contributed by atoms with Crippen molar-refractivity contribution in [2.75, 3.05) is 19.4 Å². The third kappa shape index (κ3) is 6.98. The van der Waals surface area contributed by atoms with E-state index in [0.29, 0.717) is 29.6 Å². The third-order valence-corrected chi connectivity index (χ3v) is 5.78. The van der Waals surface area contributed by atoms with Gasteiger partial charge in [0.2, 0.25) is 11.8 Å². The highest BCUT2D eigenvalue weighted by Gasteiger charge is 2.25. The van der Waals surface area contributed by atoms with Crippen LogP contribution < -0.4 is 10.1 Å². The quantitative estimate of drug-likeness (QED) is 0.610. The number of rotatable bonds is 10. The molecule has 1 atom stereocenters. The van der Waals surface area contributed by atoms with E-state index in [1.165, 1.54) is 11.8 Å². The number of hydrogen-bond donors (Lipinski definition) is 1. The van der Waals surface area contributed by atoms with Gasteiger partial charge in [0.15, 0.2) is 0 Å². The number of nitrogens with zero attached hydrogens (tertiary/aromatic N) is 1. The first-order chi connectivity index (χ1) is 14.0. The molecule has 0 saturated carbocycles. The SMILES string of the molecule is CCNC(=O)C(C)N(Cc1cccc(OC)c1)C(=O)CSCc1ccccc1Cl. The summed E-state index contributed by atoms with van der Waals surface area (Å²) in [5.74, 6) is 1.35. The molecule has 2 rings (SSSR count). The average molecular weight is 435 g/mol. The second-order valence-corrected chi connectivity index (χ2v) is 7.92. The van der Waals surface area contributed by atoms with Gasteiger partial charge in [0.1, 0.15) is 11.8 Å². The van der Waals surface area contributed by atoms with E-state index in [-0.39, 0.29) is 17.6 Å². The molecule has 0 aromatic heterocycles. The summed E-state index contributed by atoms with van der Waals surface area (Å²) in [6, 6.07) is 14.5. The topological polar surface area (TPSA) is 58.6 Å². The second kappa shape index (κ2) is 11.7. The molecule has 1 N–H and O–H groups in total. The summed E-state index contributed by atoms with van der Waals surface area (Å²) in [7, 11) is 1.60. The Balaban J connectivity index is 2.09. The fraction of sp³-hybridized carbons (Fsp3) is 0.364. The summed E-state index contributed by atoms with van der Waals surface area (Å²) in [5, 5.41) is 3.49. The fourth-order valence-electron chi connectivity index (χ4n) is 2.82. The molecule has 0 aliphatic rings. The van der Waals surface area contributed by atoms with Crippen molar-refractivity contribution in [1.29, 1.82) is 0 Å². The highest BCUT2D eigenvalue weighted by Crippen LogP contribution is 2.22. The van der Waals surface area contributed by atoms with Crippen LogP contribution in [0.1, 0.15) is 25.0 Å². The molecule has 0 aliphatic heterocycles. The van der Waals surface area contributed by atoms with Crippen molar-refractivity contribution in [3.8, 4) is 5.75 Å². The molecule has 0 heterocycles. The van der Waals surface area contributed by atoms with E-state index < -0.39 is 6.04 Å². The van der Waals surface area contributed by atoms with Gasteiger partial charge in [0, 0.05) is 23.9 Å². The van der Waals surface area contributed by atoms with Crippen molar-refractivity contribution < 1.29 is 14.3 Å². The normalized spacial score (nSPS) is 11.6. The smallest absolute Gasteiger partial charge is 0.242 e. The molecule has 0 spiro atoms. The Morgan fingerprint density at radius 1 is 1.21 bits per heavy atom. The van der Waals surface area contributed by atoms with E-state index in [2.05, 4.69) is 5.32 Å². The number of amides is 2. The summed E-state index contributed by atoms with van der Waals surface area (Å²) >= 11 is 7.68.